The van der Waals surface area contributed by atoms with Crippen LogP contribution in [0.3, 0.4) is 0 Å². The summed E-state index contributed by atoms with van der Waals surface area (Å²) >= 11 is 0. The van der Waals surface area contributed by atoms with Gasteiger partial charge in [0.05, 0.1) is 6.42 Å². The molecule has 0 amide bonds. The molecule has 3 nitrogen and oxygen atoms in total. The Morgan fingerprint density at radius 2 is 1.75 bits per heavy atom. The maximum atomic E-state index is 13.6. The number of hydrogen-bond acceptors (Lipinski definition) is 3. The van der Waals surface area contributed by atoms with Crippen molar-refractivity contribution in [2.24, 2.45) is 11.3 Å². The van der Waals surface area contributed by atoms with E-state index in [0.29, 0.717) is 0 Å². The molecule has 5 heteroatoms. The molecule has 0 bridgehead atoms. The van der Waals surface area contributed by atoms with Crippen molar-refractivity contribution in [2.75, 3.05) is 0 Å². The summed E-state index contributed by atoms with van der Waals surface area (Å²) in [5.74, 6) is -2.59. The van der Waals surface area contributed by atoms with E-state index < -0.39 is 30.1 Å². The molecule has 0 aromatic heterocycles. The van der Waals surface area contributed by atoms with E-state index in [1.807, 2.05) is 0 Å². The van der Waals surface area contributed by atoms with E-state index in [-0.39, 0.29) is 22.7 Å². The maximum Gasteiger partial charge on any atom is 0.311 e. The third-order valence-corrected chi connectivity index (χ3v) is 4.83. The number of benzene rings is 1. The van der Waals surface area contributed by atoms with E-state index in [1.165, 1.54) is 13.0 Å². The molecule has 0 heterocycles. The van der Waals surface area contributed by atoms with Crippen LogP contribution in [0.1, 0.15) is 52.0 Å². The molecular formula is C19H24F2O3. The normalized spacial score (nSPS) is 18.9. The fraction of sp³-hybridized carbons (Fsp3) is 0.579. The third-order valence-electron chi connectivity index (χ3n) is 4.83. The Bertz CT molecular complexity index is 595. The maximum absolute atomic E-state index is 13.6. The summed E-state index contributed by atoms with van der Waals surface area (Å²) in [7, 11) is 0. The SMILES string of the molecule is CC(OC(=O)Cc1c(F)cccc1F)C(=O)C1CCC(C)(C)CC1. The van der Waals surface area contributed by atoms with E-state index in [1.54, 1.807) is 0 Å². The van der Waals surface area contributed by atoms with Crippen molar-refractivity contribution in [3.63, 3.8) is 0 Å². The first-order valence-corrected chi connectivity index (χ1v) is 8.36. The van der Waals surface area contributed by atoms with Crippen molar-refractivity contribution >= 4 is 11.8 Å². The van der Waals surface area contributed by atoms with Crippen LogP contribution in [-0.2, 0) is 20.7 Å². The summed E-state index contributed by atoms with van der Waals surface area (Å²) in [6.07, 6.45) is 2.09. The topological polar surface area (TPSA) is 43.4 Å². The fourth-order valence-corrected chi connectivity index (χ4v) is 3.16. The van der Waals surface area contributed by atoms with Gasteiger partial charge in [-0.1, -0.05) is 19.9 Å². The van der Waals surface area contributed by atoms with Crippen LogP contribution in [0.2, 0.25) is 0 Å². The van der Waals surface area contributed by atoms with Crippen molar-refractivity contribution in [1.29, 1.82) is 0 Å². The largest absolute Gasteiger partial charge is 0.454 e. The van der Waals surface area contributed by atoms with E-state index >= 15 is 0 Å². The lowest BCUT2D eigenvalue weighted by Gasteiger charge is -2.34. The van der Waals surface area contributed by atoms with Crippen LogP contribution >= 0.6 is 0 Å². The van der Waals surface area contributed by atoms with Crippen LogP contribution in [0.4, 0.5) is 8.78 Å². The molecule has 1 saturated carbocycles. The monoisotopic (exact) mass is 338 g/mol. The van der Waals surface area contributed by atoms with Gasteiger partial charge in [-0.25, -0.2) is 8.78 Å². The molecule has 0 saturated heterocycles. The molecule has 1 atom stereocenters. The Morgan fingerprint density at radius 1 is 1.21 bits per heavy atom. The molecule has 1 aromatic rings. The van der Waals surface area contributed by atoms with Crippen LogP contribution in [0.15, 0.2) is 18.2 Å². The van der Waals surface area contributed by atoms with Gasteiger partial charge >= 0.3 is 5.97 Å². The van der Waals surface area contributed by atoms with Gasteiger partial charge in [-0.15, -0.1) is 0 Å². The zero-order chi connectivity index (χ0) is 17.9. The predicted molar refractivity (Wildman–Crippen MR) is 86.4 cm³/mol. The van der Waals surface area contributed by atoms with Gasteiger partial charge in [0.15, 0.2) is 11.9 Å². The van der Waals surface area contributed by atoms with Crippen molar-refractivity contribution in [3.05, 3.63) is 35.4 Å². The highest BCUT2D eigenvalue weighted by Gasteiger charge is 2.33. The third kappa shape index (κ3) is 4.62. The van der Waals surface area contributed by atoms with Gasteiger partial charge in [0, 0.05) is 11.5 Å². The summed E-state index contributed by atoms with van der Waals surface area (Å²) in [4.78, 5) is 24.3. The van der Waals surface area contributed by atoms with Gasteiger partial charge in [0.25, 0.3) is 0 Å². The Hall–Kier alpha value is -1.78. The highest BCUT2D eigenvalue weighted by atomic mass is 19.1. The molecule has 2 rings (SSSR count). The zero-order valence-corrected chi connectivity index (χ0v) is 14.4. The van der Waals surface area contributed by atoms with E-state index in [4.69, 9.17) is 4.74 Å². The fourth-order valence-electron chi connectivity index (χ4n) is 3.16. The molecule has 0 radical (unpaired) electrons. The van der Waals surface area contributed by atoms with Gasteiger partial charge in [0.1, 0.15) is 11.6 Å². The van der Waals surface area contributed by atoms with Gasteiger partial charge in [-0.05, 0) is 50.2 Å². The number of hydrogen-bond donors (Lipinski definition) is 0. The Balaban J connectivity index is 1.91. The van der Waals surface area contributed by atoms with Crippen molar-refractivity contribution in [1.82, 2.24) is 0 Å². The van der Waals surface area contributed by atoms with Crippen molar-refractivity contribution in [3.8, 4) is 0 Å². The molecule has 1 aromatic carbocycles. The molecule has 1 fully saturated rings. The molecule has 0 spiro atoms. The van der Waals surface area contributed by atoms with E-state index in [9.17, 15) is 18.4 Å². The molecule has 0 N–H and O–H groups in total. The number of rotatable bonds is 5. The number of ether oxygens (including phenoxy) is 1. The first-order chi connectivity index (χ1) is 11.2. The molecule has 0 aliphatic heterocycles. The summed E-state index contributed by atoms with van der Waals surface area (Å²) in [6.45, 7) is 5.89. The van der Waals surface area contributed by atoms with Crippen LogP contribution < -0.4 is 0 Å². The Morgan fingerprint density at radius 3 is 2.29 bits per heavy atom. The molecule has 132 valence electrons. The minimum Gasteiger partial charge on any atom is -0.454 e. The van der Waals surface area contributed by atoms with Gasteiger partial charge in [-0.2, -0.15) is 0 Å². The van der Waals surface area contributed by atoms with Crippen LogP contribution in [-0.4, -0.2) is 17.9 Å². The smallest absolute Gasteiger partial charge is 0.311 e. The lowest BCUT2D eigenvalue weighted by atomic mass is 9.71. The quantitative estimate of drug-likeness (QED) is 0.755. The Kier molecular flexibility index (Phi) is 5.73. The summed E-state index contributed by atoms with van der Waals surface area (Å²) < 4.78 is 32.2. The number of Topliss-reactive ketones (excluding diaryl/α,β-unsaturated/α-hetero) is 1. The lowest BCUT2D eigenvalue weighted by molar-refractivity contribution is -0.155. The second-order valence-corrected chi connectivity index (χ2v) is 7.35. The summed E-state index contributed by atoms with van der Waals surface area (Å²) in [5, 5.41) is 0. The average Bonchev–Trinajstić information content (AvgIpc) is 2.50. The number of halogens is 2. The molecule has 1 unspecified atom stereocenters. The number of carbonyl (C=O) groups excluding carboxylic acids is 2. The standard InChI is InChI=1S/C19H24F2O3/c1-12(18(23)13-7-9-19(2,3)10-8-13)24-17(22)11-14-15(20)5-4-6-16(14)21/h4-6,12-13H,7-11H2,1-3H3. The van der Waals surface area contributed by atoms with Gasteiger partial charge in [-0.3, -0.25) is 9.59 Å². The minimum atomic E-state index is -0.890. The van der Waals surface area contributed by atoms with Crippen LogP contribution in [0.25, 0.3) is 0 Å². The van der Waals surface area contributed by atoms with Crippen LogP contribution in [0, 0.1) is 23.0 Å². The van der Waals surface area contributed by atoms with E-state index in [2.05, 4.69) is 13.8 Å². The van der Waals surface area contributed by atoms with E-state index in [0.717, 1.165) is 37.8 Å². The first-order valence-electron chi connectivity index (χ1n) is 8.36. The van der Waals surface area contributed by atoms with Crippen LogP contribution in [0.5, 0.6) is 0 Å². The average molecular weight is 338 g/mol. The minimum absolute atomic E-state index is 0.104. The first kappa shape index (κ1) is 18.6. The summed E-state index contributed by atoms with van der Waals surface area (Å²) in [5.41, 5.74) is -0.0828. The number of carbonyl (C=O) groups is 2. The Labute approximate surface area is 141 Å². The molecule has 24 heavy (non-hydrogen) atoms. The number of ketones is 1. The summed E-state index contributed by atoms with van der Waals surface area (Å²) in [6, 6.07) is 3.41. The lowest BCUT2D eigenvalue weighted by Crippen LogP contribution is -2.34. The van der Waals surface area contributed by atoms with Crippen molar-refractivity contribution in [2.45, 2.75) is 59.0 Å². The predicted octanol–water partition coefficient (Wildman–Crippen LogP) is 4.22. The second-order valence-electron chi connectivity index (χ2n) is 7.35. The number of esters is 1. The highest BCUT2D eigenvalue weighted by molar-refractivity contribution is 5.87. The van der Waals surface area contributed by atoms with Crippen molar-refractivity contribution < 1.29 is 23.1 Å². The second kappa shape index (κ2) is 7.41. The van der Waals surface area contributed by atoms with Gasteiger partial charge in [0.2, 0.25) is 0 Å². The molecule has 1 aliphatic carbocycles. The highest BCUT2D eigenvalue weighted by Crippen LogP contribution is 2.38. The zero-order valence-electron chi connectivity index (χ0n) is 14.4. The molecular weight excluding hydrogens is 314 g/mol. The van der Waals surface area contributed by atoms with Gasteiger partial charge < -0.3 is 4.74 Å². The molecule has 1 aliphatic rings.